The summed E-state index contributed by atoms with van der Waals surface area (Å²) in [5, 5.41) is 11.1. The fraction of sp³-hybridized carbons (Fsp3) is 1.00. The lowest BCUT2D eigenvalue weighted by atomic mass is 9.92. The number of likely N-dealkylation sites (tertiary alicyclic amines) is 1. The third-order valence-electron chi connectivity index (χ3n) is 5.51. The van der Waals surface area contributed by atoms with Gasteiger partial charge in [-0.25, -0.2) is 0 Å². The Labute approximate surface area is 131 Å². The Bertz CT molecular complexity index is 297. The highest BCUT2D eigenvalue weighted by Crippen LogP contribution is 2.19. The first kappa shape index (κ1) is 17.2. The molecule has 0 aromatic heterocycles. The van der Waals surface area contributed by atoms with E-state index in [0.717, 1.165) is 12.5 Å². The highest BCUT2D eigenvalue weighted by atomic mass is 15.1. The summed E-state index contributed by atoms with van der Waals surface area (Å²) in [5.41, 5.74) is 0. The van der Waals surface area contributed by atoms with Crippen molar-refractivity contribution in [3.05, 3.63) is 0 Å². The lowest BCUT2D eigenvalue weighted by molar-refractivity contribution is 0.270. The molecule has 21 heavy (non-hydrogen) atoms. The van der Waals surface area contributed by atoms with E-state index in [0.29, 0.717) is 24.2 Å². The molecule has 124 valence electrons. The molecule has 0 aromatic rings. The lowest BCUT2D eigenvalue weighted by Gasteiger charge is -2.34. The highest BCUT2D eigenvalue weighted by molar-refractivity contribution is 4.87. The molecule has 0 spiro atoms. The SMILES string of the molecule is CNC1CCNC(CC(C)NC2CCN(C)CCC2C)C1. The van der Waals surface area contributed by atoms with Crippen LogP contribution >= 0.6 is 0 Å². The van der Waals surface area contributed by atoms with E-state index in [1.165, 1.54) is 45.2 Å². The van der Waals surface area contributed by atoms with Gasteiger partial charge in [-0.3, -0.25) is 0 Å². The van der Waals surface area contributed by atoms with E-state index >= 15 is 0 Å². The van der Waals surface area contributed by atoms with Gasteiger partial charge >= 0.3 is 0 Å². The quantitative estimate of drug-likeness (QED) is 0.718. The van der Waals surface area contributed by atoms with Crippen molar-refractivity contribution in [2.75, 3.05) is 33.7 Å². The molecule has 2 rings (SSSR count). The molecule has 3 N–H and O–H groups in total. The molecule has 0 aliphatic carbocycles. The van der Waals surface area contributed by atoms with Gasteiger partial charge in [-0.2, -0.15) is 0 Å². The molecule has 2 aliphatic rings. The molecule has 2 saturated heterocycles. The average molecular weight is 297 g/mol. The summed E-state index contributed by atoms with van der Waals surface area (Å²) in [7, 11) is 4.35. The van der Waals surface area contributed by atoms with Crippen LogP contribution in [-0.2, 0) is 0 Å². The van der Waals surface area contributed by atoms with Crippen LogP contribution in [0, 0.1) is 5.92 Å². The number of nitrogens with one attached hydrogen (secondary N) is 3. The van der Waals surface area contributed by atoms with Gasteiger partial charge in [-0.05, 0) is 78.7 Å². The van der Waals surface area contributed by atoms with Crippen molar-refractivity contribution < 1.29 is 0 Å². The van der Waals surface area contributed by atoms with Gasteiger partial charge in [0.25, 0.3) is 0 Å². The summed E-state index contributed by atoms with van der Waals surface area (Å²) in [4.78, 5) is 2.48. The van der Waals surface area contributed by atoms with E-state index in [1.54, 1.807) is 0 Å². The summed E-state index contributed by atoms with van der Waals surface area (Å²) in [6.07, 6.45) is 6.40. The number of hydrogen-bond donors (Lipinski definition) is 3. The van der Waals surface area contributed by atoms with Crippen LogP contribution in [0.3, 0.4) is 0 Å². The summed E-state index contributed by atoms with van der Waals surface area (Å²) in [6, 6.07) is 2.67. The summed E-state index contributed by atoms with van der Waals surface area (Å²) >= 11 is 0. The van der Waals surface area contributed by atoms with Gasteiger partial charge in [0, 0.05) is 24.2 Å². The molecule has 0 saturated carbocycles. The van der Waals surface area contributed by atoms with Gasteiger partial charge in [-0.15, -0.1) is 0 Å². The Morgan fingerprint density at radius 3 is 2.76 bits per heavy atom. The molecule has 2 fully saturated rings. The molecule has 0 radical (unpaired) electrons. The Kier molecular flexibility index (Phi) is 6.93. The van der Waals surface area contributed by atoms with Crippen LogP contribution in [0.5, 0.6) is 0 Å². The van der Waals surface area contributed by atoms with Crippen LogP contribution in [-0.4, -0.2) is 62.8 Å². The maximum absolute atomic E-state index is 3.92. The molecule has 5 atom stereocenters. The van der Waals surface area contributed by atoms with Crippen LogP contribution in [0.25, 0.3) is 0 Å². The van der Waals surface area contributed by atoms with Crippen molar-refractivity contribution in [1.29, 1.82) is 0 Å². The maximum Gasteiger partial charge on any atom is 0.0108 e. The Balaban J connectivity index is 1.76. The summed E-state index contributed by atoms with van der Waals surface area (Å²) in [6.45, 7) is 8.43. The van der Waals surface area contributed by atoms with Gasteiger partial charge in [0.2, 0.25) is 0 Å². The van der Waals surface area contributed by atoms with Crippen LogP contribution in [0.1, 0.15) is 46.0 Å². The topological polar surface area (TPSA) is 39.3 Å². The van der Waals surface area contributed by atoms with E-state index in [9.17, 15) is 0 Å². The van der Waals surface area contributed by atoms with Crippen molar-refractivity contribution >= 4 is 0 Å². The Hall–Kier alpha value is -0.160. The van der Waals surface area contributed by atoms with Crippen molar-refractivity contribution in [1.82, 2.24) is 20.9 Å². The zero-order chi connectivity index (χ0) is 15.2. The second-order valence-electron chi connectivity index (χ2n) is 7.43. The standard InChI is InChI=1S/C17H36N4/c1-13-6-9-21(4)10-7-17(13)20-14(2)11-16-12-15(18-3)5-8-19-16/h13-20H,5-12H2,1-4H3. The summed E-state index contributed by atoms with van der Waals surface area (Å²) < 4.78 is 0. The molecule has 0 bridgehead atoms. The zero-order valence-corrected chi connectivity index (χ0v) is 14.5. The molecule has 5 unspecified atom stereocenters. The second kappa shape index (κ2) is 8.47. The molecule has 2 heterocycles. The van der Waals surface area contributed by atoms with Crippen molar-refractivity contribution in [2.24, 2.45) is 5.92 Å². The predicted molar refractivity (Wildman–Crippen MR) is 90.8 cm³/mol. The number of hydrogen-bond acceptors (Lipinski definition) is 4. The predicted octanol–water partition coefficient (Wildman–Crippen LogP) is 1.42. The van der Waals surface area contributed by atoms with Crippen LogP contribution in [0.15, 0.2) is 0 Å². The van der Waals surface area contributed by atoms with E-state index in [2.05, 4.69) is 48.8 Å². The van der Waals surface area contributed by atoms with Crippen LogP contribution in [0.4, 0.5) is 0 Å². The van der Waals surface area contributed by atoms with Gasteiger partial charge < -0.3 is 20.9 Å². The van der Waals surface area contributed by atoms with Crippen molar-refractivity contribution in [2.45, 2.75) is 70.1 Å². The van der Waals surface area contributed by atoms with Gasteiger partial charge in [0.1, 0.15) is 0 Å². The number of rotatable bonds is 5. The minimum absolute atomic E-state index is 0.606. The normalized spacial score (nSPS) is 37.1. The van der Waals surface area contributed by atoms with E-state index in [-0.39, 0.29) is 0 Å². The van der Waals surface area contributed by atoms with E-state index in [4.69, 9.17) is 0 Å². The molecule has 2 aliphatic heterocycles. The smallest absolute Gasteiger partial charge is 0.0108 e. The largest absolute Gasteiger partial charge is 0.317 e. The fourth-order valence-corrected chi connectivity index (χ4v) is 3.94. The second-order valence-corrected chi connectivity index (χ2v) is 7.43. The maximum atomic E-state index is 3.92. The van der Waals surface area contributed by atoms with Gasteiger partial charge in [0.15, 0.2) is 0 Å². The molecule has 0 aromatic carbocycles. The van der Waals surface area contributed by atoms with Crippen LogP contribution < -0.4 is 16.0 Å². The Morgan fingerprint density at radius 2 is 2.00 bits per heavy atom. The first-order chi connectivity index (χ1) is 10.1. The number of nitrogens with zero attached hydrogens (tertiary/aromatic N) is 1. The first-order valence-corrected chi connectivity index (χ1v) is 8.93. The first-order valence-electron chi connectivity index (χ1n) is 8.93. The highest BCUT2D eigenvalue weighted by Gasteiger charge is 2.26. The average Bonchev–Trinajstić information content (AvgIpc) is 2.63. The molecule has 4 nitrogen and oxygen atoms in total. The Morgan fingerprint density at radius 1 is 1.24 bits per heavy atom. The third kappa shape index (κ3) is 5.51. The number of piperidine rings is 1. The van der Waals surface area contributed by atoms with Gasteiger partial charge in [-0.1, -0.05) is 6.92 Å². The molecular weight excluding hydrogens is 260 g/mol. The van der Waals surface area contributed by atoms with E-state index in [1.807, 2.05) is 0 Å². The van der Waals surface area contributed by atoms with Crippen molar-refractivity contribution in [3.8, 4) is 0 Å². The molecule has 4 heteroatoms. The monoisotopic (exact) mass is 296 g/mol. The zero-order valence-electron chi connectivity index (χ0n) is 14.5. The van der Waals surface area contributed by atoms with Crippen molar-refractivity contribution in [3.63, 3.8) is 0 Å². The summed E-state index contributed by atoms with van der Waals surface area (Å²) in [5.74, 6) is 0.793. The van der Waals surface area contributed by atoms with E-state index < -0.39 is 0 Å². The minimum Gasteiger partial charge on any atom is -0.317 e. The molecular formula is C17H36N4. The third-order valence-corrected chi connectivity index (χ3v) is 5.51. The minimum atomic E-state index is 0.606. The van der Waals surface area contributed by atoms with Crippen LogP contribution in [0.2, 0.25) is 0 Å². The molecule has 0 amide bonds. The van der Waals surface area contributed by atoms with Gasteiger partial charge in [0.05, 0.1) is 0 Å². The lowest BCUT2D eigenvalue weighted by Crippen LogP contribution is -2.49. The fourth-order valence-electron chi connectivity index (χ4n) is 3.94.